The van der Waals surface area contributed by atoms with Crippen molar-refractivity contribution in [2.45, 2.75) is 13.5 Å². The number of nitrogens with one attached hydrogen (secondary N) is 1. The fourth-order valence-corrected chi connectivity index (χ4v) is 1.37. The summed E-state index contributed by atoms with van der Waals surface area (Å²) in [5.74, 6) is 0.502. The molecule has 1 amide bonds. The highest BCUT2D eigenvalue weighted by Crippen LogP contribution is 2.13. The van der Waals surface area contributed by atoms with Gasteiger partial charge >= 0.3 is 0 Å². The largest absolute Gasteiger partial charge is 0.497 e. The summed E-state index contributed by atoms with van der Waals surface area (Å²) < 4.78 is 5.05. The second-order valence-electron chi connectivity index (χ2n) is 3.49. The summed E-state index contributed by atoms with van der Waals surface area (Å²) >= 11 is 0. The molecule has 18 heavy (non-hydrogen) atoms. The van der Waals surface area contributed by atoms with Crippen LogP contribution < -0.4 is 10.1 Å². The highest BCUT2D eigenvalue weighted by molar-refractivity contribution is 6.03. The number of ether oxygens (including phenoxy) is 1. The second kappa shape index (κ2) is 5.26. The van der Waals surface area contributed by atoms with E-state index in [0.29, 0.717) is 17.9 Å². The van der Waals surface area contributed by atoms with Crippen LogP contribution in [0.3, 0.4) is 0 Å². The van der Waals surface area contributed by atoms with Crippen LogP contribution in [0.25, 0.3) is 0 Å². The molecule has 0 atom stereocenters. The number of amides is 1. The molecule has 0 bridgehead atoms. The highest BCUT2D eigenvalue weighted by Gasteiger charge is 2.10. The molecular weight excluding hydrogens is 234 g/mol. The van der Waals surface area contributed by atoms with Crippen LogP contribution in [-0.2, 0) is 6.54 Å². The molecule has 1 heterocycles. The molecule has 7 heteroatoms. The molecule has 2 rings (SSSR count). The number of hydrogen-bond acceptors (Lipinski definition) is 5. The van der Waals surface area contributed by atoms with Gasteiger partial charge in [-0.1, -0.05) is 11.2 Å². The lowest BCUT2D eigenvalue weighted by Gasteiger charge is -2.03. The molecule has 0 unspecified atom stereocenters. The number of nitrogens with zero attached hydrogens (tertiary/aromatic N) is 4. The number of rotatable bonds is 4. The number of carbonyl (C=O) groups is 1. The van der Waals surface area contributed by atoms with Crippen LogP contribution in [0.1, 0.15) is 17.3 Å². The molecule has 0 spiro atoms. The van der Waals surface area contributed by atoms with Gasteiger partial charge in [-0.2, -0.15) is 4.80 Å². The van der Waals surface area contributed by atoms with Gasteiger partial charge < -0.3 is 4.74 Å². The van der Waals surface area contributed by atoms with Gasteiger partial charge in [-0.15, -0.1) is 5.10 Å². The fourth-order valence-electron chi connectivity index (χ4n) is 1.37. The van der Waals surface area contributed by atoms with E-state index >= 15 is 0 Å². The van der Waals surface area contributed by atoms with E-state index in [1.807, 2.05) is 6.92 Å². The van der Waals surface area contributed by atoms with Crippen molar-refractivity contribution < 1.29 is 9.53 Å². The number of methoxy groups -OCH3 is 1. The summed E-state index contributed by atoms with van der Waals surface area (Å²) in [6.45, 7) is 2.48. The van der Waals surface area contributed by atoms with E-state index in [2.05, 4.69) is 20.7 Å². The minimum Gasteiger partial charge on any atom is -0.497 e. The second-order valence-corrected chi connectivity index (χ2v) is 3.49. The van der Waals surface area contributed by atoms with Crippen molar-refractivity contribution in [2.24, 2.45) is 0 Å². The van der Waals surface area contributed by atoms with E-state index in [1.165, 1.54) is 4.80 Å². The van der Waals surface area contributed by atoms with E-state index in [-0.39, 0.29) is 11.9 Å². The maximum Gasteiger partial charge on any atom is 0.270 e. The van der Waals surface area contributed by atoms with Gasteiger partial charge in [0, 0.05) is 5.56 Å². The quantitative estimate of drug-likeness (QED) is 0.870. The topological polar surface area (TPSA) is 81.9 Å². The average molecular weight is 247 g/mol. The molecule has 0 radical (unpaired) electrons. The Bertz CT molecular complexity index is 552. The smallest absolute Gasteiger partial charge is 0.270 e. The first-order chi connectivity index (χ1) is 8.72. The van der Waals surface area contributed by atoms with E-state index in [9.17, 15) is 4.79 Å². The molecule has 1 N–H and O–H groups in total. The monoisotopic (exact) mass is 247 g/mol. The third kappa shape index (κ3) is 2.62. The van der Waals surface area contributed by atoms with Crippen molar-refractivity contribution in [3.63, 3.8) is 0 Å². The van der Waals surface area contributed by atoms with E-state index in [4.69, 9.17) is 4.74 Å². The minimum atomic E-state index is -0.301. The van der Waals surface area contributed by atoms with Gasteiger partial charge in [0.15, 0.2) is 0 Å². The first kappa shape index (κ1) is 12.0. The lowest BCUT2D eigenvalue weighted by atomic mass is 10.2. The van der Waals surface area contributed by atoms with Crippen molar-refractivity contribution >= 4 is 11.9 Å². The number of tetrazole rings is 1. The Labute approximate surface area is 104 Å². The summed E-state index contributed by atoms with van der Waals surface area (Å²) in [6.07, 6.45) is 0. The van der Waals surface area contributed by atoms with Crippen molar-refractivity contribution in [3.8, 4) is 5.75 Å². The Kier molecular flexibility index (Phi) is 3.52. The standard InChI is InChI=1S/C11H13N5O2/c1-3-16-14-11(13-15-16)12-10(17)8-5-4-6-9(7-8)18-2/h4-7H,3H2,1-2H3,(H,12,14,17). The van der Waals surface area contributed by atoms with Crippen molar-refractivity contribution in [3.05, 3.63) is 29.8 Å². The molecule has 0 aliphatic heterocycles. The first-order valence-electron chi connectivity index (χ1n) is 5.46. The molecule has 0 saturated heterocycles. The molecule has 0 aliphatic carbocycles. The molecule has 0 aliphatic rings. The van der Waals surface area contributed by atoms with Crippen molar-refractivity contribution in [1.82, 2.24) is 20.2 Å². The molecule has 0 fully saturated rings. The highest BCUT2D eigenvalue weighted by atomic mass is 16.5. The van der Waals surface area contributed by atoms with Gasteiger partial charge in [0.2, 0.25) is 0 Å². The molecular formula is C11H13N5O2. The summed E-state index contributed by atoms with van der Waals surface area (Å²) in [4.78, 5) is 13.3. The van der Waals surface area contributed by atoms with Gasteiger partial charge in [0.1, 0.15) is 5.75 Å². The summed E-state index contributed by atoms with van der Waals surface area (Å²) in [6, 6.07) is 6.83. The van der Waals surface area contributed by atoms with Gasteiger partial charge in [-0.3, -0.25) is 10.1 Å². The van der Waals surface area contributed by atoms with Gasteiger partial charge in [-0.25, -0.2) is 0 Å². The van der Waals surface area contributed by atoms with E-state index < -0.39 is 0 Å². The van der Waals surface area contributed by atoms with Gasteiger partial charge in [-0.05, 0) is 30.3 Å². The van der Waals surface area contributed by atoms with Crippen molar-refractivity contribution in [2.75, 3.05) is 12.4 Å². The average Bonchev–Trinajstić information content (AvgIpc) is 2.86. The van der Waals surface area contributed by atoms with Crippen LogP contribution in [0.5, 0.6) is 5.75 Å². The molecule has 1 aromatic carbocycles. The number of benzene rings is 1. The SMILES string of the molecule is CCn1nnc(NC(=O)c2cccc(OC)c2)n1. The summed E-state index contributed by atoms with van der Waals surface area (Å²) in [7, 11) is 1.55. The van der Waals surface area contributed by atoms with Crippen LogP contribution in [0.15, 0.2) is 24.3 Å². The summed E-state index contributed by atoms with van der Waals surface area (Å²) in [5, 5.41) is 14.0. The zero-order valence-electron chi connectivity index (χ0n) is 10.1. The summed E-state index contributed by atoms with van der Waals surface area (Å²) in [5.41, 5.74) is 0.474. The van der Waals surface area contributed by atoms with Crippen LogP contribution in [0.4, 0.5) is 5.95 Å². The van der Waals surface area contributed by atoms with Crippen LogP contribution in [-0.4, -0.2) is 33.2 Å². The number of anilines is 1. The predicted octanol–water partition coefficient (Wildman–Crippen LogP) is 0.954. The Hall–Kier alpha value is -2.44. The molecule has 1 aromatic heterocycles. The maximum atomic E-state index is 11.9. The number of aromatic nitrogens is 4. The van der Waals surface area contributed by atoms with Crippen LogP contribution in [0, 0.1) is 0 Å². The maximum absolute atomic E-state index is 11.9. The Morgan fingerprint density at radius 1 is 1.50 bits per heavy atom. The molecule has 2 aromatic rings. The van der Waals surface area contributed by atoms with Gasteiger partial charge in [0.05, 0.1) is 13.7 Å². The number of aryl methyl sites for hydroxylation is 1. The number of carbonyl (C=O) groups excluding carboxylic acids is 1. The first-order valence-corrected chi connectivity index (χ1v) is 5.46. The molecule has 0 saturated carbocycles. The number of hydrogen-bond donors (Lipinski definition) is 1. The van der Waals surface area contributed by atoms with Gasteiger partial charge in [0.25, 0.3) is 11.9 Å². The van der Waals surface area contributed by atoms with Crippen molar-refractivity contribution in [1.29, 1.82) is 0 Å². The zero-order valence-corrected chi connectivity index (χ0v) is 10.1. The van der Waals surface area contributed by atoms with E-state index in [1.54, 1.807) is 31.4 Å². The molecule has 7 nitrogen and oxygen atoms in total. The Balaban J connectivity index is 2.11. The lowest BCUT2D eigenvalue weighted by Crippen LogP contribution is -2.13. The molecule has 94 valence electrons. The van der Waals surface area contributed by atoms with E-state index in [0.717, 1.165) is 0 Å². The Morgan fingerprint density at radius 3 is 3.00 bits per heavy atom. The van der Waals surface area contributed by atoms with Crippen LogP contribution in [0.2, 0.25) is 0 Å². The minimum absolute atomic E-state index is 0.185. The predicted molar refractivity (Wildman–Crippen MR) is 64.4 cm³/mol. The Morgan fingerprint density at radius 2 is 2.33 bits per heavy atom. The lowest BCUT2D eigenvalue weighted by molar-refractivity contribution is 0.102. The third-order valence-electron chi connectivity index (χ3n) is 2.29. The normalized spacial score (nSPS) is 10.1. The van der Waals surface area contributed by atoms with Crippen LogP contribution >= 0.6 is 0 Å². The third-order valence-corrected chi connectivity index (χ3v) is 2.29. The zero-order chi connectivity index (χ0) is 13.0. The fraction of sp³-hybridized carbons (Fsp3) is 0.273.